The molecule has 3 nitrogen and oxygen atoms in total. The molecule has 0 aromatic heterocycles. The molecule has 1 aliphatic carbocycles. The largest absolute Gasteiger partial charge is 0.481 e. The number of rotatable bonds is 7. The van der Waals surface area contributed by atoms with Gasteiger partial charge in [-0.1, -0.05) is 56.3 Å². The molecule has 3 heteroatoms. The first-order valence-corrected chi connectivity index (χ1v) is 8.05. The van der Waals surface area contributed by atoms with Crippen LogP contribution in [0.3, 0.4) is 0 Å². The number of benzene rings is 1. The topological polar surface area (TPSA) is 46.5 Å². The molecule has 0 bridgehead atoms. The molecule has 0 saturated carbocycles. The van der Waals surface area contributed by atoms with Gasteiger partial charge in [-0.25, -0.2) is 0 Å². The van der Waals surface area contributed by atoms with Gasteiger partial charge < -0.3 is 9.84 Å². The Morgan fingerprint density at radius 1 is 1.36 bits per heavy atom. The Balaban J connectivity index is 1.95. The first kappa shape index (κ1) is 16.8. The monoisotopic (exact) mass is 302 g/mol. The molecule has 22 heavy (non-hydrogen) atoms. The number of ether oxygens (including phenoxy) is 1. The maximum absolute atomic E-state index is 11.8. The predicted octanol–water partition coefficient (Wildman–Crippen LogP) is 4.29. The van der Waals surface area contributed by atoms with Crippen LogP contribution < -0.4 is 0 Å². The molecule has 0 aliphatic heterocycles. The number of carboxylic acid groups (broad SMARTS) is 1. The molecule has 0 radical (unpaired) electrons. The third-order valence-corrected chi connectivity index (χ3v) is 4.62. The van der Waals surface area contributed by atoms with E-state index in [0.29, 0.717) is 13.2 Å². The number of hydrogen-bond acceptors (Lipinski definition) is 2. The highest BCUT2D eigenvalue weighted by Gasteiger charge is 2.41. The second-order valence-electron chi connectivity index (χ2n) is 6.59. The fourth-order valence-corrected chi connectivity index (χ4v) is 3.50. The maximum Gasteiger partial charge on any atom is 0.307 e. The lowest BCUT2D eigenvalue weighted by atomic mass is 9.66. The van der Waals surface area contributed by atoms with Gasteiger partial charge in [0.2, 0.25) is 0 Å². The second kappa shape index (κ2) is 7.59. The lowest BCUT2D eigenvalue weighted by Crippen LogP contribution is -2.39. The Bertz CT molecular complexity index is 509. The van der Waals surface area contributed by atoms with Crippen LogP contribution in [0, 0.1) is 17.3 Å². The molecule has 0 fully saturated rings. The second-order valence-corrected chi connectivity index (χ2v) is 6.59. The summed E-state index contributed by atoms with van der Waals surface area (Å²) in [6, 6.07) is 9.98. The predicted molar refractivity (Wildman–Crippen MR) is 87.5 cm³/mol. The molecule has 1 N–H and O–H groups in total. The zero-order chi connectivity index (χ0) is 16.0. The Hall–Kier alpha value is -1.61. The summed E-state index contributed by atoms with van der Waals surface area (Å²) in [4.78, 5) is 11.8. The summed E-state index contributed by atoms with van der Waals surface area (Å²) in [6.45, 7) is 5.05. The van der Waals surface area contributed by atoms with Gasteiger partial charge in [0.25, 0.3) is 0 Å². The van der Waals surface area contributed by atoms with Crippen molar-refractivity contribution in [3.63, 3.8) is 0 Å². The van der Waals surface area contributed by atoms with Crippen molar-refractivity contribution in [3.8, 4) is 0 Å². The van der Waals surface area contributed by atoms with E-state index in [1.807, 2.05) is 37.3 Å². The highest BCUT2D eigenvalue weighted by molar-refractivity contribution is 5.72. The van der Waals surface area contributed by atoms with Crippen LogP contribution in [0.25, 0.3) is 0 Å². The number of aliphatic carboxylic acids is 1. The summed E-state index contributed by atoms with van der Waals surface area (Å²) < 4.78 is 5.76. The van der Waals surface area contributed by atoms with Crippen LogP contribution in [0.15, 0.2) is 42.5 Å². The van der Waals surface area contributed by atoms with Crippen molar-refractivity contribution in [2.24, 2.45) is 17.3 Å². The summed E-state index contributed by atoms with van der Waals surface area (Å²) in [5, 5.41) is 9.69. The summed E-state index contributed by atoms with van der Waals surface area (Å²) in [7, 11) is 0. The Morgan fingerprint density at radius 2 is 2.09 bits per heavy atom. The van der Waals surface area contributed by atoms with E-state index >= 15 is 0 Å². The highest BCUT2D eigenvalue weighted by Crippen LogP contribution is 2.42. The third-order valence-electron chi connectivity index (χ3n) is 4.62. The zero-order valence-corrected chi connectivity index (χ0v) is 13.5. The molecular formula is C19H26O3. The molecule has 0 unspecified atom stereocenters. The van der Waals surface area contributed by atoms with Crippen molar-refractivity contribution in [2.75, 3.05) is 6.61 Å². The van der Waals surface area contributed by atoms with Crippen LogP contribution in [0.5, 0.6) is 0 Å². The molecule has 0 spiro atoms. The normalized spacial score (nSPS) is 23.9. The van der Waals surface area contributed by atoms with Gasteiger partial charge in [-0.05, 0) is 36.2 Å². The van der Waals surface area contributed by atoms with E-state index in [1.54, 1.807) is 0 Å². The van der Waals surface area contributed by atoms with Crippen molar-refractivity contribution in [1.82, 2.24) is 0 Å². The minimum atomic E-state index is -0.718. The van der Waals surface area contributed by atoms with E-state index in [0.717, 1.165) is 24.8 Å². The molecule has 120 valence electrons. The van der Waals surface area contributed by atoms with E-state index in [9.17, 15) is 9.90 Å². The standard InChI is InChI=1S/C19H26O3/c1-15(13-22-14-16-9-5-3-6-10-16)17(18(20)21)19(2)11-7-4-8-12-19/h3,5-7,9-11,15,17H,4,8,12-14H2,1-2H3,(H,20,21)/t15-,17-,19+/m0/s1. The van der Waals surface area contributed by atoms with Crippen LogP contribution in [-0.4, -0.2) is 17.7 Å². The molecule has 0 amide bonds. The SMILES string of the molecule is C[C@@H](COCc1ccccc1)[C@@H](C(=O)O)[C@]1(C)C=CCCC1. The van der Waals surface area contributed by atoms with Gasteiger partial charge in [0, 0.05) is 0 Å². The third kappa shape index (κ3) is 4.20. The summed E-state index contributed by atoms with van der Waals surface area (Å²) >= 11 is 0. The molecule has 1 aromatic carbocycles. The van der Waals surface area contributed by atoms with Crippen LogP contribution in [0.2, 0.25) is 0 Å². The van der Waals surface area contributed by atoms with Crippen LogP contribution in [0.1, 0.15) is 38.7 Å². The average Bonchev–Trinajstić information content (AvgIpc) is 2.48. The Labute approximate surface area is 133 Å². The minimum Gasteiger partial charge on any atom is -0.481 e. The van der Waals surface area contributed by atoms with Gasteiger partial charge in [0.05, 0.1) is 19.1 Å². The minimum absolute atomic E-state index is 0.0195. The van der Waals surface area contributed by atoms with Crippen molar-refractivity contribution < 1.29 is 14.6 Å². The van der Waals surface area contributed by atoms with E-state index in [1.165, 1.54) is 0 Å². The Kier molecular flexibility index (Phi) is 5.78. The van der Waals surface area contributed by atoms with Crippen LogP contribution in [0.4, 0.5) is 0 Å². The maximum atomic E-state index is 11.8. The lowest BCUT2D eigenvalue weighted by molar-refractivity contribution is -0.149. The van der Waals surface area contributed by atoms with Crippen LogP contribution >= 0.6 is 0 Å². The fourth-order valence-electron chi connectivity index (χ4n) is 3.50. The summed E-state index contributed by atoms with van der Waals surface area (Å²) in [5.41, 5.74) is 0.852. The zero-order valence-electron chi connectivity index (χ0n) is 13.5. The van der Waals surface area contributed by atoms with Crippen molar-refractivity contribution >= 4 is 5.97 Å². The fraction of sp³-hybridized carbons (Fsp3) is 0.526. The summed E-state index contributed by atoms with van der Waals surface area (Å²) in [5.74, 6) is -1.14. The highest BCUT2D eigenvalue weighted by atomic mass is 16.5. The Morgan fingerprint density at radius 3 is 2.68 bits per heavy atom. The number of hydrogen-bond donors (Lipinski definition) is 1. The van der Waals surface area contributed by atoms with E-state index < -0.39 is 11.9 Å². The molecule has 2 rings (SSSR count). The quantitative estimate of drug-likeness (QED) is 0.764. The first-order chi connectivity index (χ1) is 10.5. The molecule has 3 atom stereocenters. The molecule has 1 aromatic rings. The lowest BCUT2D eigenvalue weighted by Gasteiger charge is -2.38. The van der Waals surface area contributed by atoms with Gasteiger partial charge >= 0.3 is 5.97 Å². The van der Waals surface area contributed by atoms with Gasteiger partial charge in [-0.2, -0.15) is 0 Å². The van der Waals surface area contributed by atoms with E-state index in [4.69, 9.17) is 4.74 Å². The molecule has 0 heterocycles. The molecule has 1 aliphatic rings. The van der Waals surface area contributed by atoms with Gasteiger partial charge in [0.1, 0.15) is 0 Å². The number of carboxylic acids is 1. The van der Waals surface area contributed by atoms with Crippen molar-refractivity contribution in [1.29, 1.82) is 0 Å². The molecular weight excluding hydrogens is 276 g/mol. The summed E-state index contributed by atoms with van der Waals surface area (Å²) in [6.07, 6.45) is 7.28. The van der Waals surface area contributed by atoms with Crippen molar-refractivity contribution in [2.45, 2.75) is 39.7 Å². The van der Waals surface area contributed by atoms with Crippen molar-refractivity contribution in [3.05, 3.63) is 48.0 Å². The number of allylic oxidation sites excluding steroid dienone is 2. The van der Waals surface area contributed by atoms with E-state index in [2.05, 4.69) is 19.1 Å². The van der Waals surface area contributed by atoms with Crippen LogP contribution in [-0.2, 0) is 16.1 Å². The van der Waals surface area contributed by atoms with E-state index in [-0.39, 0.29) is 11.3 Å². The average molecular weight is 302 g/mol. The molecule has 0 saturated heterocycles. The first-order valence-electron chi connectivity index (χ1n) is 8.05. The van der Waals surface area contributed by atoms with Gasteiger partial charge in [0.15, 0.2) is 0 Å². The smallest absolute Gasteiger partial charge is 0.307 e. The van der Waals surface area contributed by atoms with Gasteiger partial charge in [-0.3, -0.25) is 4.79 Å². The van der Waals surface area contributed by atoms with Gasteiger partial charge in [-0.15, -0.1) is 0 Å². The number of carbonyl (C=O) groups is 1.